The molecule has 0 bridgehead atoms. The van der Waals surface area contributed by atoms with E-state index in [0.29, 0.717) is 5.69 Å². The third-order valence-electron chi connectivity index (χ3n) is 3.12. The van der Waals surface area contributed by atoms with Crippen LogP contribution in [0.25, 0.3) is 5.52 Å². The van der Waals surface area contributed by atoms with Crippen LogP contribution >= 0.6 is 0 Å². The molecule has 0 unspecified atom stereocenters. The zero-order valence-corrected chi connectivity index (χ0v) is 12.0. The lowest BCUT2D eigenvalue weighted by molar-refractivity contribution is 0.0597. The number of ether oxygens (including phenoxy) is 2. The fourth-order valence-corrected chi connectivity index (χ4v) is 2.10. The minimum atomic E-state index is -0.424. The van der Waals surface area contributed by atoms with E-state index >= 15 is 0 Å². The van der Waals surface area contributed by atoms with Crippen LogP contribution in [0, 0.1) is 0 Å². The van der Waals surface area contributed by atoms with Crippen molar-refractivity contribution in [3.63, 3.8) is 0 Å². The van der Waals surface area contributed by atoms with Crippen molar-refractivity contribution in [1.82, 2.24) is 14.7 Å². The Morgan fingerprint density at radius 2 is 2.20 bits per heavy atom. The summed E-state index contributed by atoms with van der Waals surface area (Å²) in [6, 6.07) is 3.63. The maximum Gasteiger partial charge on any atom is 0.358 e. The van der Waals surface area contributed by atoms with Crippen molar-refractivity contribution in [2.45, 2.75) is 12.8 Å². The standard InChI is InChI=1S/C14H19N3O3/c1-15-8-4-5-12-16-13(14(18)20-3)11-7-6-10(19-2)9-17(11)12/h6-7,9,15H,4-5,8H2,1-3H3. The second-order valence-corrected chi connectivity index (χ2v) is 4.40. The predicted molar refractivity (Wildman–Crippen MR) is 75.3 cm³/mol. The Morgan fingerprint density at radius 1 is 1.40 bits per heavy atom. The van der Waals surface area contributed by atoms with Gasteiger partial charge in [-0.15, -0.1) is 0 Å². The lowest BCUT2D eigenvalue weighted by Crippen LogP contribution is -2.09. The van der Waals surface area contributed by atoms with Crippen molar-refractivity contribution < 1.29 is 14.3 Å². The number of pyridine rings is 1. The van der Waals surface area contributed by atoms with E-state index in [2.05, 4.69) is 10.3 Å². The van der Waals surface area contributed by atoms with Crippen LogP contribution in [-0.2, 0) is 11.2 Å². The SMILES string of the molecule is CNCCCc1nc(C(=O)OC)c2ccc(OC)cn12. The summed E-state index contributed by atoms with van der Waals surface area (Å²) in [5.41, 5.74) is 1.08. The summed E-state index contributed by atoms with van der Waals surface area (Å²) in [6.45, 7) is 0.895. The van der Waals surface area contributed by atoms with Gasteiger partial charge in [-0.05, 0) is 32.1 Å². The van der Waals surface area contributed by atoms with E-state index in [9.17, 15) is 4.79 Å². The second kappa shape index (κ2) is 6.38. The number of imidazole rings is 1. The Labute approximate surface area is 117 Å². The molecule has 0 amide bonds. The van der Waals surface area contributed by atoms with Crippen LogP contribution in [0.3, 0.4) is 0 Å². The molecule has 0 aliphatic rings. The van der Waals surface area contributed by atoms with Crippen molar-refractivity contribution in [3.8, 4) is 5.75 Å². The summed E-state index contributed by atoms with van der Waals surface area (Å²) in [4.78, 5) is 16.2. The summed E-state index contributed by atoms with van der Waals surface area (Å²) < 4.78 is 11.9. The number of esters is 1. The van der Waals surface area contributed by atoms with Gasteiger partial charge in [0.2, 0.25) is 0 Å². The Morgan fingerprint density at radius 3 is 2.85 bits per heavy atom. The molecule has 20 heavy (non-hydrogen) atoms. The van der Waals surface area contributed by atoms with Gasteiger partial charge in [0.15, 0.2) is 5.69 Å². The van der Waals surface area contributed by atoms with Crippen molar-refractivity contribution in [2.75, 3.05) is 27.8 Å². The van der Waals surface area contributed by atoms with E-state index in [1.54, 1.807) is 13.2 Å². The fraction of sp³-hybridized carbons (Fsp3) is 0.429. The second-order valence-electron chi connectivity index (χ2n) is 4.40. The first-order chi connectivity index (χ1) is 9.71. The number of methoxy groups -OCH3 is 2. The maximum absolute atomic E-state index is 11.8. The molecule has 0 fully saturated rings. The van der Waals surface area contributed by atoms with E-state index < -0.39 is 5.97 Å². The van der Waals surface area contributed by atoms with Gasteiger partial charge in [0, 0.05) is 6.42 Å². The molecule has 0 saturated heterocycles. The van der Waals surface area contributed by atoms with Crippen LogP contribution in [0.5, 0.6) is 5.75 Å². The number of aromatic nitrogens is 2. The molecule has 0 saturated carbocycles. The van der Waals surface area contributed by atoms with E-state index in [-0.39, 0.29) is 0 Å². The lowest BCUT2D eigenvalue weighted by Gasteiger charge is -2.04. The van der Waals surface area contributed by atoms with Crippen LogP contribution in [0.4, 0.5) is 0 Å². The summed E-state index contributed by atoms with van der Waals surface area (Å²) in [5.74, 6) is 1.13. The van der Waals surface area contributed by atoms with Crippen LogP contribution in [0.1, 0.15) is 22.7 Å². The van der Waals surface area contributed by atoms with E-state index in [0.717, 1.165) is 36.5 Å². The molecule has 6 heteroatoms. The first-order valence-corrected chi connectivity index (χ1v) is 6.49. The largest absolute Gasteiger partial charge is 0.495 e. The third-order valence-corrected chi connectivity index (χ3v) is 3.12. The first-order valence-electron chi connectivity index (χ1n) is 6.49. The molecule has 0 spiro atoms. The number of aryl methyl sites for hydroxylation is 1. The number of nitrogens with one attached hydrogen (secondary N) is 1. The quantitative estimate of drug-likeness (QED) is 0.636. The molecule has 0 aliphatic carbocycles. The maximum atomic E-state index is 11.8. The van der Waals surface area contributed by atoms with Gasteiger partial charge in [0.25, 0.3) is 0 Å². The summed E-state index contributed by atoms with van der Waals surface area (Å²) in [7, 11) is 4.88. The van der Waals surface area contributed by atoms with Crippen molar-refractivity contribution in [1.29, 1.82) is 0 Å². The molecular weight excluding hydrogens is 258 g/mol. The minimum Gasteiger partial charge on any atom is -0.495 e. The molecule has 0 radical (unpaired) electrons. The molecule has 0 aliphatic heterocycles. The monoisotopic (exact) mass is 277 g/mol. The van der Waals surface area contributed by atoms with Gasteiger partial charge >= 0.3 is 5.97 Å². The minimum absolute atomic E-state index is 0.342. The zero-order valence-electron chi connectivity index (χ0n) is 12.0. The molecule has 0 atom stereocenters. The van der Waals surface area contributed by atoms with Crippen LogP contribution in [0.15, 0.2) is 18.3 Å². The van der Waals surface area contributed by atoms with E-state index in [1.165, 1.54) is 7.11 Å². The number of nitrogens with zero attached hydrogens (tertiary/aromatic N) is 2. The highest BCUT2D eigenvalue weighted by Gasteiger charge is 2.18. The normalized spacial score (nSPS) is 10.8. The Kier molecular flexibility index (Phi) is 4.57. The average molecular weight is 277 g/mol. The predicted octanol–water partition coefficient (Wildman–Crippen LogP) is 1.28. The third kappa shape index (κ3) is 2.75. The van der Waals surface area contributed by atoms with Gasteiger partial charge < -0.3 is 14.8 Å². The molecule has 0 aromatic carbocycles. The molecule has 2 rings (SSSR count). The summed E-state index contributed by atoms with van der Waals surface area (Å²) in [5, 5.41) is 3.10. The number of carbonyl (C=O) groups is 1. The van der Waals surface area contributed by atoms with Gasteiger partial charge in [0.1, 0.15) is 11.6 Å². The Balaban J connectivity index is 2.45. The van der Waals surface area contributed by atoms with E-state index in [1.807, 2.05) is 23.7 Å². The Hall–Kier alpha value is -2.08. The molecule has 2 heterocycles. The summed E-state index contributed by atoms with van der Waals surface area (Å²) in [6.07, 6.45) is 3.54. The highest BCUT2D eigenvalue weighted by molar-refractivity contribution is 5.95. The molecular formula is C14H19N3O3. The molecule has 1 N–H and O–H groups in total. The summed E-state index contributed by atoms with van der Waals surface area (Å²) >= 11 is 0. The smallest absolute Gasteiger partial charge is 0.358 e. The van der Waals surface area contributed by atoms with Crippen LogP contribution in [0.2, 0.25) is 0 Å². The fourth-order valence-electron chi connectivity index (χ4n) is 2.10. The topological polar surface area (TPSA) is 64.9 Å². The van der Waals surface area contributed by atoms with Crippen molar-refractivity contribution >= 4 is 11.5 Å². The first kappa shape index (κ1) is 14.3. The number of hydrogen-bond donors (Lipinski definition) is 1. The molecule has 2 aromatic rings. The number of rotatable bonds is 6. The highest BCUT2D eigenvalue weighted by Crippen LogP contribution is 2.20. The van der Waals surface area contributed by atoms with Crippen molar-refractivity contribution in [2.24, 2.45) is 0 Å². The average Bonchev–Trinajstić information content (AvgIpc) is 2.85. The van der Waals surface area contributed by atoms with Gasteiger partial charge in [-0.3, -0.25) is 4.40 Å². The van der Waals surface area contributed by atoms with Crippen LogP contribution in [-0.4, -0.2) is 43.2 Å². The van der Waals surface area contributed by atoms with Crippen molar-refractivity contribution in [3.05, 3.63) is 29.8 Å². The van der Waals surface area contributed by atoms with Gasteiger partial charge in [0.05, 0.1) is 25.9 Å². The highest BCUT2D eigenvalue weighted by atomic mass is 16.5. The Bertz CT molecular complexity index is 607. The number of fused-ring (bicyclic) bond motifs is 1. The lowest BCUT2D eigenvalue weighted by atomic mass is 10.3. The molecule has 108 valence electrons. The zero-order chi connectivity index (χ0) is 14.5. The van der Waals surface area contributed by atoms with Gasteiger partial charge in [-0.2, -0.15) is 0 Å². The van der Waals surface area contributed by atoms with Gasteiger partial charge in [-0.1, -0.05) is 0 Å². The number of carbonyl (C=O) groups excluding carboxylic acids is 1. The van der Waals surface area contributed by atoms with Gasteiger partial charge in [-0.25, -0.2) is 9.78 Å². The molecule has 2 aromatic heterocycles. The van der Waals surface area contributed by atoms with E-state index in [4.69, 9.17) is 9.47 Å². The number of hydrogen-bond acceptors (Lipinski definition) is 5. The van der Waals surface area contributed by atoms with Crippen LogP contribution < -0.4 is 10.1 Å². The molecule has 6 nitrogen and oxygen atoms in total.